The molecule has 0 atom stereocenters. The van der Waals surface area contributed by atoms with Crippen LogP contribution in [0.25, 0.3) is 10.9 Å². The second-order valence-electron chi connectivity index (χ2n) is 4.20. The van der Waals surface area contributed by atoms with E-state index in [1.165, 1.54) is 5.39 Å². The second kappa shape index (κ2) is 5.29. The van der Waals surface area contributed by atoms with Crippen LogP contribution in [-0.4, -0.2) is 10.1 Å². The van der Waals surface area contributed by atoms with Crippen LogP contribution >= 0.6 is 23.4 Å². The van der Waals surface area contributed by atoms with Crippen molar-refractivity contribution in [1.82, 2.24) is 4.98 Å². The van der Waals surface area contributed by atoms with Gasteiger partial charge < -0.3 is 10.1 Å². The predicted molar refractivity (Wildman–Crippen MR) is 79.8 cm³/mol. The number of aromatic nitrogens is 1. The van der Waals surface area contributed by atoms with Crippen LogP contribution in [0.1, 0.15) is 5.56 Å². The topological polar surface area (TPSA) is 36.0 Å². The van der Waals surface area contributed by atoms with Gasteiger partial charge in [0.05, 0.1) is 11.6 Å². The van der Waals surface area contributed by atoms with Crippen molar-refractivity contribution >= 4 is 34.3 Å². The lowest BCUT2D eigenvalue weighted by atomic mass is 10.2. The van der Waals surface area contributed by atoms with Crippen LogP contribution in [0.4, 0.5) is 0 Å². The molecule has 0 saturated carbocycles. The molecule has 0 radical (unpaired) electrons. The number of benzene rings is 2. The molecule has 19 heavy (non-hydrogen) atoms. The number of halogens is 1. The van der Waals surface area contributed by atoms with E-state index in [1.807, 2.05) is 30.3 Å². The Morgan fingerprint density at radius 2 is 1.95 bits per heavy atom. The van der Waals surface area contributed by atoms with E-state index in [1.54, 1.807) is 17.8 Å². The summed E-state index contributed by atoms with van der Waals surface area (Å²) in [5.74, 6) is 0. The first kappa shape index (κ1) is 12.6. The zero-order valence-corrected chi connectivity index (χ0v) is 11.6. The van der Waals surface area contributed by atoms with Gasteiger partial charge in [0.2, 0.25) is 0 Å². The van der Waals surface area contributed by atoms with E-state index in [0.29, 0.717) is 5.02 Å². The minimum atomic E-state index is -0.0533. The lowest BCUT2D eigenvalue weighted by Crippen LogP contribution is -1.88. The SMILES string of the molecule is OCc1c(Cl)cccc1Sc1cc2ccccc2[nH]1. The minimum absolute atomic E-state index is 0.0533. The summed E-state index contributed by atoms with van der Waals surface area (Å²) in [4.78, 5) is 4.33. The average molecular weight is 290 g/mol. The largest absolute Gasteiger partial charge is 0.392 e. The molecular formula is C15H12ClNOS. The fourth-order valence-electron chi connectivity index (χ4n) is 2.01. The number of hydrogen-bond acceptors (Lipinski definition) is 2. The van der Waals surface area contributed by atoms with E-state index in [0.717, 1.165) is 21.0 Å². The lowest BCUT2D eigenvalue weighted by molar-refractivity contribution is 0.279. The number of rotatable bonds is 3. The van der Waals surface area contributed by atoms with Crippen LogP contribution in [0, 0.1) is 0 Å². The number of aliphatic hydroxyl groups is 1. The maximum absolute atomic E-state index is 9.41. The van der Waals surface area contributed by atoms with Crippen LogP contribution in [0.2, 0.25) is 5.02 Å². The molecular weight excluding hydrogens is 278 g/mol. The highest BCUT2D eigenvalue weighted by molar-refractivity contribution is 7.99. The van der Waals surface area contributed by atoms with Crippen molar-refractivity contribution in [3.63, 3.8) is 0 Å². The van der Waals surface area contributed by atoms with Crippen LogP contribution in [0.3, 0.4) is 0 Å². The van der Waals surface area contributed by atoms with E-state index >= 15 is 0 Å². The van der Waals surface area contributed by atoms with Gasteiger partial charge in [0.15, 0.2) is 0 Å². The summed E-state index contributed by atoms with van der Waals surface area (Å²) in [6.45, 7) is -0.0533. The number of nitrogens with one attached hydrogen (secondary N) is 1. The van der Waals surface area contributed by atoms with Crippen molar-refractivity contribution in [3.8, 4) is 0 Å². The van der Waals surface area contributed by atoms with Gasteiger partial charge in [-0.1, -0.05) is 47.6 Å². The second-order valence-corrected chi connectivity index (χ2v) is 5.69. The summed E-state index contributed by atoms with van der Waals surface area (Å²) in [7, 11) is 0. The van der Waals surface area contributed by atoms with Crippen molar-refractivity contribution in [2.75, 3.05) is 0 Å². The first-order valence-corrected chi connectivity index (χ1v) is 7.11. The quantitative estimate of drug-likeness (QED) is 0.746. The van der Waals surface area contributed by atoms with Gasteiger partial charge >= 0.3 is 0 Å². The minimum Gasteiger partial charge on any atom is -0.392 e. The van der Waals surface area contributed by atoms with Gasteiger partial charge in [-0.15, -0.1) is 0 Å². The zero-order chi connectivity index (χ0) is 13.2. The number of fused-ring (bicyclic) bond motifs is 1. The molecule has 0 aliphatic heterocycles. The highest BCUT2D eigenvalue weighted by atomic mass is 35.5. The third-order valence-electron chi connectivity index (χ3n) is 2.96. The molecule has 4 heteroatoms. The molecule has 2 aromatic carbocycles. The van der Waals surface area contributed by atoms with Gasteiger partial charge in [0, 0.05) is 26.4 Å². The predicted octanol–water partition coefficient (Wildman–Crippen LogP) is 4.46. The Bertz CT molecular complexity index is 690. The van der Waals surface area contributed by atoms with Crippen molar-refractivity contribution < 1.29 is 5.11 Å². The molecule has 96 valence electrons. The molecule has 3 aromatic rings. The number of aliphatic hydroxyl groups excluding tert-OH is 1. The number of para-hydroxylation sites is 1. The van der Waals surface area contributed by atoms with E-state index in [-0.39, 0.29) is 6.61 Å². The fraction of sp³-hybridized carbons (Fsp3) is 0.0667. The molecule has 0 aliphatic rings. The molecule has 2 nitrogen and oxygen atoms in total. The van der Waals surface area contributed by atoms with Crippen molar-refractivity contribution in [2.45, 2.75) is 16.5 Å². The van der Waals surface area contributed by atoms with Crippen molar-refractivity contribution in [1.29, 1.82) is 0 Å². The van der Waals surface area contributed by atoms with Crippen molar-refractivity contribution in [3.05, 3.63) is 59.1 Å². The molecule has 0 fully saturated rings. The molecule has 1 aromatic heterocycles. The molecule has 0 aliphatic carbocycles. The van der Waals surface area contributed by atoms with Crippen LogP contribution in [0.15, 0.2) is 58.5 Å². The molecule has 0 saturated heterocycles. The standard InChI is InChI=1S/C15H12ClNOS/c16-12-5-3-7-14(11(12)9-18)19-15-8-10-4-1-2-6-13(10)17-15/h1-8,17-18H,9H2. The van der Waals surface area contributed by atoms with E-state index in [4.69, 9.17) is 11.6 Å². The van der Waals surface area contributed by atoms with Crippen LogP contribution in [0.5, 0.6) is 0 Å². The van der Waals surface area contributed by atoms with Gasteiger partial charge in [0.1, 0.15) is 0 Å². The average Bonchev–Trinajstić information content (AvgIpc) is 2.81. The van der Waals surface area contributed by atoms with Gasteiger partial charge in [-0.25, -0.2) is 0 Å². The smallest absolute Gasteiger partial charge is 0.0781 e. The van der Waals surface area contributed by atoms with E-state index in [9.17, 15) is 5.11 Å². The summed E-state index contributed by atoms with van der Waals surface area (Å²) in [6, 6.07) is 15.9. The van der Waals surface area contributed by atoms with E-state index in [2.05, 4.69) is 17.1 Å². The van der Waals surface area contributed by atoms with E-state index < -0.39 is 0 Å². The molecule has 0 bridgehead atoms. The van der Waals surface area contributed by atoms with Crippen LogP contribution in [-0.2, 0) is 6.61 Å². The summed E-state index contributed by atoms with van der Waals surface area (Å²) in [6.07, 6.45) is 0. The molecule has 0 spiro atoms. The number of aromatic amines is 1. The first-order valence-electron chi connectivity index (χ1n) is 5.92. The first-order chi connectivity index (χ1) is 9.28. The Morgan fingerprint density at radius 3 is 2.74 bits per heavy atom. The van der Waals surface area contributed by atoms with Gasteiger partial charge in [-0.3, -0.25) is 0 Å². The summed E-state index contributed by atoms with van der Waals surface area (Å²) in [5.41, 5.74) is 1.88. The zero-order valence-electron chi connectivity index (χ0n) is 10.1. The molecule has 2 N–H and O–H groups in total. The lowest BCUT2D eigenvalue weighted by Gasteiger charge is -2.07. The highest BCUT2D eigenvalue weighted by Crippen LogP contribution is 2.34. The summed E-state index contributed by atoms with van der Waals surface area (Å²) < 4.78 is 0. The monoisotopic (exact) mass is 289 g/mol. The Labute approximate surface area is 120 Å². The maximum Gasteiger partial charge on any atom is 0.0781 e. The molecule has 3 rings (SSSR count). The van der Waals surface area contributed by atoms with Gasteiger partial charge in [-0.2, -0.15) is 0 Å². The normalized spacial score (nSPS) is 11.1. The number of hydrogen-bond donors (Lipinski definition) is 2. The van der Waals surface area contributed by atoms with Gasteiger partial charge in [0.25, 0.3) is 0 Å². The Balaban J connectivity index is 1.99. The Hall–Kier alpha value is -1.42. The summed E-state index contributed by atoms with van der Waals surface area (Å²) in [5, 5.41) is 12.2. The Morgan fingerprint density at radius 1 is 1.11 bits per heavy atom. The fourth-order valence-corrected chi connectivity index (χ4v) is 3.33. The Kier molecular flexibility index (Phi) is 3.51. The number of H-pyrrole nitrogens is 1. The van der Waals surface area contributed by atoms with Crippen LogP contribution < -0.4 is 0 Å². The molecule has 0 unspecified atom stereocenters. The third-order valence-corrected chi connectivity index (χ3v) is 4.36. The molecule has 1 heterocycles. The highest BCUT2D eigenvalue weighted by Gasteiger charge is 2.09. The third kappa shape index (κ3) is 2.50. The summed E-state index contributed by atoms with van der Waals surface area (Å²) >= 11 is 7.67. The van der Waals surface area contributed by atoms with Crippen molar-refractivity contribution in [2.24, 2.45) is 0 Å². The van der Waals surface area contributed by atoms with Gasteiger partial charge in [-0.05, 0) is 24.3 Å². The molecule has 0 amide bonds. The maximum atomic E-state index is 9.41.